The van der Waals surface area contributed by atoms with Crippen LogP contribution in [-0.2, 0) is 44.7 Å². The summed E-state index contributed by atoms with van der Waals surface area (Å²) >= 11 is 8.10. The van der Waals surface area contributed by atoms with E-state index in [1.807, 2.05) is 13.8 Å². The van der Waals surface area contributed by atoms with Gasteiger partial charge in [0.2, 0.25) is 0 Å². The van der Waals surface area contributed by atoms with E-state index in [4.69, 9.17) is 4.79 Å². The Bertz CT molecular complexity index is 162. The minimum absolute atomic E-state index is 0. The number of nitrogens with two attached hydrogens (primary N) is 1. The zero-order valence-electron chi connectivity index (χ0n) is 8.41. The standard InChI is InChI=1S/C6H13NOS.CH3NOS.Zn/c1-3-5(4-2)7-6(8)9;2-1(3)4;/h5H,3-4H2,1-2H3,(H2,7,8,9);(H3,2,3,4);/q;;+2/p-2. The molecular weight excluding hydrogens is 274 g/mol. The molecule has 0 saturated heterocycles. The van der Waals surface area contributed by atoms with E-state index in [1.54, 1.807) is 0 Å². The summed E-state index contributed by atoms with van der Waals surface area (Å²) in [7, 11) is 0. The van der Waals surface area contributed by atoms with Gasteiger partial charge in [-0.15, -0.1) is 0 Å². The second-order valence-corrected chi connectivity index (χ2v) is 3.04. The van der Waals surface area contributed by atoms with Gasteiger partial charge in [-0.05, 0) is 12.8 Å². The second-order valence-electron chi connectivity index (χ2n) is 2.26. The van der Waals surface area contributed by atoms with Crippen molar-refractivity contribution in [2.24, 2.45) is 5.73 Å². The van der Waals surface area contributed by atoms with Crippen LogP contribution in [0.15, 0.2) is 0 Å². The van der Waals surface area contributed by atoms with E-state index >= 15 is 0 Å². The van der Waals surface area contributed by atoms with Gasteiger partial charge in [0.15, 0.2) is 0 Å². The maximum atomic E-state index is 10.3. The molecule has 0 radical (unpaired) electrons. The maximum Gasteiger partial charge on any atom is 2.00 e. The molecule has 0 bridgehead atoms. The van der Waals surface area contributed by atoms with Crippen LogP contribution < -0.4 is 11.1 Å². The van der Waals surface area contributed by atoms with Crippen LogP contribution in [0.2, 0.25) is 0 Å². The summed E-state index contributed by atoms with van der Waals surface area (Å²) < 4.78 is 0. The van der Waals surface area contributed by atoms with Crippen molar-refractivity contribution in [2.45, 2.75) is 32.7 Å². The summed E-state index contributed by atoms with van der Waals surface area (Å²) in [5, 5.41) is 1.56. The number of hydrogen-bond donors (Lipinski definition) is 2. The van der Waals surface area contributed by atoms with Gasteiger partial charge in [-0.2, -0.15) is 0 Å². The molecule has 0 saturated carbocycles. The van der Waals surface area contributed by atoms with Gasteiger partial charge in [0.05, 0.1) is 10.5 Å². The Morgan fingerprint density at radius 3 is 1.64 bits per heavy atom. The molecule has 0 aliphatic heterocycles. The van der Waals surface area contributed by atoms with Crippen molar-refractivity contribution < 1.29 is 29.1 Å². The first kappa shape index (κ1) is 19.6. The monoisotopic (exact) mass is 286 g/mol. The first-order valence-electron chi connectivity index (χ1n) is 3.87. The Labute approximate surface area is 108 Å². The van der Waals surface area contributed by atoms with Crippen molar-refractivity contribution in [3.63, 3.8) is 0 Å². The van der Waals surface area contributed by atoms with Crippen molar-refractivity contribution in [3.8, 4) is 0 Å². The molecule has 2 amide bonds. The van der Waals surface area contributed by atoms with Crippen LogP contribution in [-0.4, -0.2) is 16.5 Å². The number of primary amides is 1. The molecule has 0 atom stereocenters. The molecule has 14 heavy (non-hydrogen) atoms. The molecule has 0 aromatic carbocycles. The number of carbonyl (C=O) groups is 2. The molecule has 7 heteroatoms. The number of amides is 2. The number of hydrogen-bond acceptors (Lipinski definition) is 4. The van der Waals surface area contributed by atoms with E-state index < -0.39 is 5.24 Å². The third kappa shape index (κ3) is 22.7. The van der Waals surface area contributed by atoms with Crippen LogP contribution in [0.3, 0.4) is 0 Å². The number of nitrogens with one attached hydrogen (secondary N) is 1. The summed E-state index contributed by atoms with van der Waals surface area (Å²) in [6.07, 6.45) is 1.91. The molecule has 0 aliphatic carbocycles. The molecule has 0 fully saturated rings. The van der Waals surface area contributed by atoms with Crippen LogP contribution in [0, 0.1) is 0 Å². The fraction of sp³-hybridized carbons (Fsp3) is 0.714. The van der Waals surface area contributed by atoms with E-state index in [2.05, 4.69) is 36.3 Å². The summed E-state index contributed by atoms with van der Waals surface area (Å²) in [6, 6.07) is 0.273. The fourth-order valence-electron chi connectivity index (χ4n) is 0.659. The van der Waals surface area contributed by atoms with Crippen LogP contribution in [0.4, 0.5) is 9.59 Å². The number of rotatable bonds is 3. The third-order valence-corrected chi connectivity index (χ3v) is 1.43. The largest absolute Gasteiger partial charge is 2.00 e. The molecule has 0 spiro atoms. The normalized spacial score (nSPS) is 7.93. The molecule has 0 unspecified atom stereocenters. The zero-order valence-corrected chi connectivity index (χ0v) is 13.0. The summed E-state index contributed by atoms with van der Waals surface area (Å²) in [6.45, 7) is 4.05. The van der Waals surface area contributed by atoms with Gasteiger partial charge in [-0.25, -0.2) is 0 Å². The Morgan fingerprint density at radius 1 is 1.29 bits per heavy atom. The van der Waals surface area contributed by atoms with Crippen LogP contribution in [0.25, 0.3) is 0 Å². The molecule has 0 heterocycles. The van der Waals surface area contributed by atoms with Crippen LogP contribution in [0.5, 0.6) is 0 Å². The third-order valence-electron chi connectivity index (χ3n) is 1.31. The average Bonchev–Trinajstić information content (AvgIpc) is 1.98. The molecule has 0 aliphatic rings. The Balaban J connectivity index is -0.000000209. The van der Waals surface area contributed by atoms with Gasteiger partial charge < -0.3 is 45.9 Å². The molecule has 0 aromatic heterocycles. The maximum absolute atomic E-state index is 10.3. The Kier molecular flexibility index (Phi) is 18.2. The van der Waals surface area contributed by atoms with E-state index in [0.29, 0.717) is 0 Å². The van der Waals surface area contributed by atoms with Gasteiger partial charge in [0.25, 0.3) is 0 Å². The smallest absolute Gasteiger partial charge is 0.719 e. The molecule has 0 aromatic rings. The molecule has 0 rings (SSSR count). The van der Waals surface area contributed by atoms with Crippen molar-refractivity contribution in [1.82, 2.24) is 5.32 Å². The van der Waals surface area contributed by atoms with Crippen molar-refractivity contribution in [2.75, 3.05) is 0 Å². The van der Waals surface area contributed by atoms with E-state index in [-0.39, 0.29) is 30.8 Å². The summed E-state index contributed by atoms with van der Waals surface area (Å²) in [5.41, 5.74) is 4.29. The predicted molar refractivity (Wildman–Crippen MR) is 57.2 cm³/mol. The van der Waals surface area contributed by atoms with Crippen molar-refractivity contribution >= 4 is 35.7 Å². The minimum atomic E-state index is -0.750. The molecule has 78 valence electrons. The van der Waals surface area contributed by atoms with E-state index in [0.717, 1.165) is 12.8 Å². The van der Waals surface area contributed by atoms with Gasteiger partial charge in [-0.3, -0.25) is 0 Å². The Hall–Kier alpha value is 0.00338. The molecule has 3 N–H and O–H groups in total. The summed E-state index contributed by atoms with van der Waals surface area (Å²) in [4.78, 5) is 19.3. The van der Waals surface area contributed by atoms with Gasteiger partial charge >= 0.3 is 19.5 Å². The van der Waals surface area contributed by atoms with E-state index in [1.165, 1.54) is 0 Å². The first-order chi connectivity index (χ1) is 5.93. The SMILES string of the molecule is CCC(CC)NC(=O)[S-].NC(=O)[S-].[Zn+2]. The van der Waals surface area contributed by atoms with Crippen LogP contribution >= 0.6 is 0 Å². The number of carbonyl (C=O) groups excluding carboxylic acids is 2. The van der Waals surface area contributed by atoms with Gasteiger partial charge in [-0.1, -0.05) is 13.8 Å². The molecular formula is C7H14N2O2S2Zn. The topological polar surface area (TPSA) is 72.2 Å². The first-order valence-corrected chi connectivity index (χ1v) is 4.69. The van der Waals surface area contributed by atoms with Crippen LogP contribution in [0.1, 0.15) is 26.7 Å². The molecule has 4 nitrogen and oxygen atoms in total. The summed E-state index contributed by atoms with van der Waals surface area (Å²) in [5.74, 6) is 0. The minimum Gasteiger partial charge on any atom is -0.719 e. The predicted octanol–water partition coefficient (Wildman–Crippen LogP) is 1.04. The zero-order chi connectivity index (χ0) is 10.9. The second kappa shape index (κ2) is 13.0. The van der Waals surface area contributed by atoms with Crippen molar-refractivity contribution in [3.05, 3.63) is 0 Å². The van der Waals surface area contributed by atoms with Gasteiger partial charge in [0.1, 0.15) is 0 Å². The Morgan fingerprint density at radius 2 is 1.57 bits per heavy atom. The van der Waals surface area contributed by atoms with Gasteiger partial charge in [0, 0.05) is 6.04 Å². The fourth-order valence-corrected chi connectivity index (χ4v) is 0.826. The van der Waals surface area contributed by atoms with Crippen molar-refractivity contribution in [1.29, 1.82) is 0 Å². The quantitative estimate of drug-likeness (QED) is 0.601. The van der Waals surface area contributed by atoms with E-state index in [9.17, 15) is 4.79 Å². The average molecular weight is 288 g/mol.